The highest BCUT2D eigenvalue weighted by Gasteiger charge is 2.56. The lowest BCUT2D eigenvalue weighted by Crippen LogP contribution is -2.59. The fourth-order valence-electron chi connectivity index (χ4n) is 4.97. The summed E-state index contributed by atoms with van der Waals surface area (Å²) in [5, 5.41) is 3.61. The van der Waals surface area contributed by atoms with E-state index in [-0.39, 0.29) is 0 Å². The van der Waals surface area contributed by atoms with E-state index in [1.807, 2.05) is 98.8 Å². The van der Waals surface area contributed by atoms with Crippen LogP contribution in [0.1, 0.15) is 30.5 Å². The summed E-state index contributed by atoms with van der Waals surface area (Å²) in [6.45, 7) is 5.32. The van der Waals surface area contributed by atoms with Crippen molar-refractivity contribution in [2.75, 3.05) is 13.2 Å². The van der Waals surface area contributed by atoms with Crippen molar-refractivity contribution in [2.24, 2.45) is 5.11 Å². The van der Waals surface area contributed by atoms with Gasteiger partial charge >= 0.3 is 0 Å². The summed E-state index contributed by atoms with van der Waals surface area (Å²) in [6.07, 6.45) is -1.91. The third-order valence-corrected chi connectivity index (χ3v) is 6.85. The first-order valence-electron chi connectivity index (χ1n) is 13.6. The van der Waals surface area contributed by atoms with Gasteiger partial charge in [-0.2, -0.15) is 0 Å². The van der Waals surface area contributed by atoms with Gasteiger partial charge in [0.1, 0.15) is 30.2 Å². The van der Waals surface area contributed by atoms with Crippen LogP contribution in [0.2, 0.25) is 0 Å². The van der Waals surface area contributed by atoms with Gasteiger partial charge in [-0.1, -0.05) is 77.9 Å². The Morgan fingerprint density at radius 2 is 1.48 bits per heavy atom. The Morgan fingerprint density at radius 3 is 2.15 bits per heavy atom. The van der Waals surface area contributed by atoms with Crippen LogP contribution in [0.3, 0.4) is 0 Å². The van der Waals surface area contributed by atoms with Gasteiger partial charge in [0.2, 0.25) is 6.29 Å². The number of azide groups is 1. The highest BCUT2D eigenvalue weighted by Crippen LogP contribution is 2.39. The third kappa shape index (κ3) is 7.40. The van der Waals surface area contributed by atoms with Crippen LogP contribution in [0.15, 0.2) is 90.0 Å². The molecule has 0 N–H and O–H groups in total. The fraction of sp³-hybridized carbons (Fsp3) is 0.419. The predicted molar refractivity (Wildman–Crippen MR) is 148 cm³/mol. The average Bonchev–Trinajstić information content (AvgIpc) is 3.30. The topological polar surface area (TPSA) is 104 Å². The molecule has 0 radical (unpaired) electrons. The quantitative estimate of drug-likeness (QED) is 0.158. The molecule has 2 fully saturated rings. The number of hydrogen-bond donors (Lipinski definition) is 0. The summed E-state index contributed by atoms with van der Waals surface area (Å²) >= 11 is 0. The zero-order valence-corrected chi connectivity index (χ0v) is 22.8. The molecule has 5 rings (SSSR count). The van der Waals surface area contributed by atoms with Crippen LogP contribution in [0, 0.1) is 0 Å². The number of fused-ring (bicyclic) bond motifs is 1. The van der Waals surface area contributed by atoms with Gasteiger partial charge in [-0.3, -0.25) is 0 Å². The first-order chi connectivity index (χ1) is 19.5. The van der Waals surface area contributed by atoms with Crippen molar-refractivity contribution < 1.29 is 28.4 Å². The molecule has 2 heterocycles. The number of hydrogen-bond acceptors (Lipinski definition) is 7. The summed E-state index contributed by atoms with van der Waals surface area (Å²) in [4.78, 5) is 2.81. The lowest BCUT2D eigenvalue weighted by molar-refractivity contribution is -0.270. The molecule has 0 aromatic heterocycles. The minimum absolute atomic E-state index is 0.305. The summed E-state index contributed by atoms with van der Waals surface area (Å²) in [5.74, 6) is -0.181. The molecule has 0 bridgehead atoms. The van der Waals surface area contributed by atoms with Crippen molar-refractivity contribution in [3.8, 4) is 5.75 Å². The van der Waals surface area contributed by atoms with Crippen molar-refractivity contribution in [3.05, 3.63) is 112 Å². The van der Waals surface area contributed by atoms with Crippen LogP contribution in [-0.4, -0.2) is 49.6 Å². The minimum atomic E-state index is -0.812. The second-order valence-corrected chi connectivity index (χ2v) is 10.3. The van der Waals surface area contributed by atoms with E-state index in [0.29, 0.717) is 38.5 Å². The van der Waals surface area contributed by atoms with E-state index in [9.17, 15) is 0 Å². The molecule has 9 nitrogen and oxygen atoms in total. The fourth-order valence-corrected chi connectivity index (χ4v) is 4.97. The molecule has 0 saturated carbocycles. The van der Waals surface area contributed by atoms with E-state index < -0.39 is 36.5 Å². The summed E-state index contributed by atoms with van der Waals surface area (Å²) in [6, 6.07) is 27.6. The average molecular weight is 546 g/mol. The molecular weight excluding hydrogens is 510 g/mol. The maximum absolute atomic E-state index is 8.53. The van der Waals surface area contributed by atoms with Gasteiger partial charge in [0.15, 0.2) is 5.79 Å². The SMILES string of the molecule is CC1(C)O[C@H]2[C@@H](O1)[C@@H](COCc1ccccc1)O[C@@H](Oc1ccc(CCN=[N+]=[N-])cc1)[C@@H]2OCc1ccccc1. The molecule has 5 atom stereocenters. The molecule has 3 aromatic rings. The molecule has 0 aliphatic carbocycles. The van der Waals surface area contributed by atoms with Gasteiger partial charge in [-0.25, -0.2) is 0 Å². The highest BCUT2D eigenvalue weighted by atomic mass is 16.8. The number of benzene rings is 3. The molecule has 210 valence electrons. The van der Waals surface area contributed by atoms with Gasteiger partial charge < -0.3 is 28.4 Å². The number of ether oxygens (including phenoxy) is 6. The summed E-state index contributed by atoms with van der Waals surface area (Å²) in [5.41, 5.74) is 11.7. The molecule has 0 spiro atoms. The molecular formula is C31H35N3O6. The van der Waals surface area contributed by atoms with Crippen LogP contribution in [0.5, 0.6) is 5.75 Å². The van der Waals surface area contributed by atoms with Crippen LogP contribution in [0.25, 0.3) is 10.4 Å². The van der Waals surface area contributed by atoms with Crippen molar-refractivity contribution in [1.82, 2.24) is 0 Å². The zero-order chi connectivity index (χ0) is 27.8. The molecule has 2 saturated heterocycles. The summed E-state index contributed by atoms with van der Waals surface area (Å²) < 4.78 is 38.1. The minimum Gasteiger partial charge on any atom is -0.462 e. The molecule has 0 unspecified atom stereocenters. The molecule has 0 amide bonds. The van der Waals surface area contributed by atoms with Crippen LogP contribution in [-0.2, 0) is 43.3 Å². The van der Waals surface area contributed by atoms with Crippen molar-refractivity contribution in [2.45, 2.75) is 70.0 Å². The third-order valence-electron chi connectivity index (χ3n) is 6.85. The monoisotopic (exact) mass is 545 g/mol. The number of nitrogens with zero attached hydrogens (tertiary/aromatic N) is 3. The second-order valence-electron chi connectivity index (χ2n) is 10.3. The van der Waals surface area contributed by atoms with Gasteiger partial charge in [-0.05, 0) is 54.6 Å². The molecule has 2 aliphatic rings. The van der Waals surface area contributed by atoms with E-state index in [2.05, 4.69) is 10.0 Å². The Labute approximate surface area is 234 Å². The van der Waals surface area contributed by atoms with Crippen molar-refractivity contribution in [3.63, 3.8) is 0 Å². The van der Waals surface area contributed by atoms with E-state index in [0.717, 1.165) is 16.7 Å². The van der Waals surface area contributed by atoms with Crippen LogP contribution < -0.4 is 4.74 Å². The normalized spacial score (nSPS) is 25.1. The molecule has 3 aromatic carbocycles. The molecule has 9 heteroatoms. The molecule has 2 aliphatic heterocycles. The lowest BCUT2D eigenvalue weighted by Gasteiger charge is -2.41. The second kappa shape index (κ2) is 13.3. The Bertz CT molecular complexity index is 1250. The standard InChI is InChI=1S/C31H35N3O6/c1-31(2)39-27-26(21-35-19-23-9-5-3-6-10-23)38-30(37-25-15-13-22(14-16-25)17-18-33-34-32)29(28(27)40-31)36-20-24-11-7-4-8-12-24/h3-16,26-30H,17-21H2,1-2H3/t26-,27+,28+,29-,30-/m1/s1. The maximum Gasteiger partial charge on any atom is 0.229 e. The van der Waals surface area contributed by atoms with E-state index >= 15 is 0 Å². The van der Waals surface area contributed by atoms with Gasteiger partial charge in [0.05, 0.1) is 19.8 Å². The smallest absolute Gasteiger partial charge is 0.229 e. The van der Waals surface area contributed by atoms with Gasteiger partial charge in [0, 0.05) is 11.5 Å². The highest BCUT2D eigenvalue weighted by molar-refractivity contribution is 5.28. The zero-order valence-electron chi connectivity index (χ0n) is 22.8. The Balaban J connectivity index is 1.33. The lowest BCUT2D eigenvalue weighted by atomic mass is 9.99. The van der Waals surface area contributed by atoms with Gasteiger partial charge in [0.25, 0.3) is 0 Å². The first kappa shape index (κ1) is 28.1. The van der Waals surface area contributed by atoms with Crippen LogP contribution in [0.4, 0.5) is 0 Å². The maximum atomic E-state index is 8.53. The Morgan fingerprint density at radius 1 is 0.825 bits per heavy atom. The van der Waals surface area contributed by atoms with Crippen LogP contribution >= 0.6 is 0 Å². The predicted octanol–water partition coefficient (Wildman–Crippen LogP) is 5.97. The van der Waals surface area contributed by atoms with Crippen molar-refractivity contribution >= 4 is 0 Å². The molecule has 40 heavy (non-hydrogen) atoms. The van der Waals surface area contributed by atoms with E-state index in [4.69, 9.17) is 34.0 Å². The van der Waals surface area contributed by atoms with Gasteiger partial charge in [-0.15, -0.1) is 0 Å². The van der Waals surface area contributed by atoms with E-state index in [1.165, 1.54) is 0 Å². The first-order valence-corrected chi connectivity index (χ1v) is 13.6. The van der Waals surface area contributed by atoms with E-state index in [1.54, 1.807) is 0 Å². The summed E-state index contributed by atoms with van der Waals surface area (Å²) in [7, 11) is 0. The Hall–Kier alpha value is -3.43. The Kier molecular flexibility index (Phi) is 9.34. The van der Waals surface area contributed by atoms with Crippen molar-refractivity contribution in [1.29, 1.82) is 0 Å². The largest absolute Gasteiger partial charge is 0.462 e. The number of rotatable bonds is 12.